The highest BCUT2D eigenvalue weighted by atomic mass is 35.5. The molecule has 0 amide bonds. The molecular formula is C33H19ClF8OS. The van der Waals surface area contributed by atoms with Gasteiger partial charge < -0.3 is 4.74 Å². The molecule has 0 atom stereocenters. The Bertz CT molecular complexity index is 1870. The molecule has 0 spiro atoms. The van der Waals surface area contributed by atoms with E-state index in [2.05, 4.69) is 17.4 Å². The number of benzene rings is 5. The van der Waals surface area contributed by atoms with Crippen molar-refractivity contribution < 1.29 is 39.9 Å². The summed E-state index contributed by atoms with van der Waals surface area (Å²) in [6, 6.07) is 12.1. The first-order chi connectivity index (χ1) is 20.7. The zero-order valence-electron chi connectivity index (χ0n) is 22.7. The highest BCUT2D eigenvalue weighted by Crippen LogP contribution is 2.41. The van der Waals surface area contributed by atoms with E-state index in [0.29, 0.717) is 23.8 Å². The minimum absolute atomic E-state index is 0.0938. The van der Waals surface area contributed by atoms with Gasteiger partial charge in [-0.2, -0.15) is 8.78 Å². The lowest BCUT2D eigenvalue weighted by molar-refractivity contribution is -0.189. The van der Waals surface area contributed by atoms with Gasteiger partial charge in [0.2, 0.25) is 0 Å². The van der Waals surface area contributed by atoms with Crippen molar-refractivity contribution in [2.45, 2.75) is 24.9 Å². The van der Waals surface area contributed by atoms with Gasteiger partial charge in [-0.05, 0) is 84.1 Å². The maximum atomic E-state index is 15.1. The van der Waals surface area contributed by atoms with Gasteiger partial charge in [0, 0.05) is 22.1 Å². The number of thiol groups is 1. The Kier molecular flexibility index (Phi) is 8.43. The van der Waals surface area contributed by atoms with Crippen LogP contribution in [0.4, 0.5) is 35.1 Å². The molecule has 5 aromatic carbocycles. The summed E-state index contributed by atoms with van der Waals surface area (Å²) in [6.45, 7) is 3.63. The van der Waals surface area contributed by atoms with E-state index in [1.54, 1.807) is 25.1 Å². The average Bonchev–Trinajstić information content (AvgIpc) is 2.89. The van der Waals surface area contributed by atoms with Gasteiger partial charge in [0.1, 0.15) is 46.2 Å². The topological polar surface area (TPSA) is 9.23 Å². The lowest BCUT2D eigenvalue weighted by Gasteiger charge is -2.21. The Hall–Kier alpha value is -4.02. The van der Waals surface area contributed by atoms with E-state index in [9.17, 15) is 4.39 Å². The summed E-state index contributed by atoms with van der Waals surface area (Å²) in [5.41, 5.74) is -1.94. The van der Waals surface area contributed by atoms with Crippen LogP contribution in [0.15, 0.2) is 77.7 Å². The molecule has 0 bridgehead atoms. The molecule has 0 unspecified atom stereocenters. The van der Waals surface area contributed by atoms with Crippen molar-refractivity contribution in [3.63, 3.8) is 0 Å². The number of aryl methyl sites for hydroxylation is 2. The number of hydrogen-bond donors (Lipinski definition) is 1. The minimum Gasteiger partial charge on any atom is -0.429 e. The second kappa shape index (κ2) is 11.8. The lowest BCUT2D eigenvalue weighted by Crippen LogP contribution is -2.25. The van der Waals surface area contributed by atoms with Crippen molar-refractivity contribution >= 4 is 24.2 Å². The van der Waals surface area contributed by atoms with E-state index in [0.717, 1.165) is 35.4 Å². The molecule has 5 rings (SSSR count). The zero-order valence-corrected chi connectivity index (χ0v) is 24.3. The molecule has 226 valence electrons. The summed E-state index contributed by atoms with van der Waals surface area (Å²) in [6.07, 6.45) is -4.71. The van der Waals surface area contributed by atoms with Crippen molar-refractivity contribution in [3.05, 3.63) is 129 Å². The Morgan fingerprint density at radius 2 is 1.18 bits per heavy atom. The summed E-state index contributed by atoms with van der Waals surface area (Å²) >= 11 is 10.2. The third-order valence-electron chi connectivity index (χ3n) is 6.98. The van der Waals surface area contributed by atoms with Gasteiger partial charge in [-0.25, -0.2) is 26.3 Å². The molecule has 1 nitrogen and oxygen atoms in total. The molecular weight excluding hydrogens is 632 g/mol. The molecule has 0 heterocycles. The third kappa shape index (κ3) is 6.01. The SMILES string of the molecule is Cc1ccc(-c2c(F)cc(OC(F)(F)c3c(F)cc(-c4c(F)cc(-c5ccc(S)cc5F)cc4F)cc3F)cc2Cl)cc1C. The fourth-order valence-corrected chi connectivity index (χ4v) is 5.21. The fourth-order valence-electron chi connectivity index (χ4n) is 4.72. The van der Waals surface area contributed by atoms with Crippen LogP contribution in [-0.2, 0) is 6.11 Å². The minimum atomic E-state index is -4.71. The smallest absolute Gasteiger partial charge is 0.429 e. The molecule has 0 saturated carbocycles. The zero-order chi connectivity index (χ0) is 32.1. The lowest BCUT2D eigenvalue weighted by atomic mass is 9.97. The highest BCUT2D eigenvalue weighted by molar-refractivity contribution is 7.80. The van der Waals surface area contributed by atoms with E-state index in [4.69, 9.17) is 11.6 Å². The van der Waals surface area contributed by atoms with Gasteiger partial charge in [-0.1, -0.05) is 35.9 Å². The fraction of sp³-hybridized carbons (Fsp3) is 0.0909. The van der Waals surface area contributed by atoms with Crippen LogP contribution in [0.2, 0.25) is 5.02 Å². The number of hydrogen-bond acceptors (Lipinski definition) is 2. The van der Waals surface area contributed by atoms with Gasteiger partial charge in [0.15, 0.2) is 0 Å². The van der Waals surface area contributed by atoms with Crippen LogP contribution in [0, 0.1) is 48.8 Å². The number of ether oxygens (including phenoxy) is 1. The first-order valence-electron chi connectivity index (χ1n) is 12.8. The molecule has 44 heavy (non-hydrogen) atoms. The summed E-state index contributed by atoms with van der Waals surface area (Å²) < 4.78 is 124. The van der Waals surface area contributed by atoms with E-state index in [-0.39, 0.29) is 26.6 Å². The largest absolute Gasteiger partial charge is 0.432 e. The molecule has 0 aliphatic carbocycles. The molecule has 0 N–H and O–H groups in total. The third-order valence-corrected chi connectivity index (χ3v) is 7.56. The molecule has 0 aliphatic rings. The van der Waals surface area contributed by atoms with Crippen molar-refractivity contribution in [1.82, 2.24) is 0 Å². The van der Waals surface area contributed by atoms with Crippen LogP contribution in [0.3, 0.4) is 0 Å². The quantitative estimate of drug-likeness (QED) is 0.142. The standard InChI is InChI=1S/C33H19ClF8OS/c1-15-3-4-17(7-16(15)2)30-23(34)12-20(13-27(30)38)43-33(41,42)32-28(39)10-19(11-29(32)40)31-25(36)8-18(9-26(31)37)22-6-5-21(44)14-24(22)35/h3-14,44H,1-2H3. The summed E-state index contributed by atoms with van der Waals surface area (Å²) in [5.74, 6) is -9.16. The molecule has 0 aliphatic heterocycles. The predicted octanol–water partition coefficient (Wildman–Crippen LogP) is 11.2. The molecule has 0 fully saturated rings. The number of halogens is 9. The number of rotatable bonds is 6. The second-order valence-electron chi connectivity index (χ2n) is 9.97. The number of alkyl halides is 2. The van der Waals surface area contributed by atoms with Crippen molar-refractivity contribution in [2.75, 3.05) is 0 Å². The molecule has 0 saturated heterocycles. The van der Waals surface area contributed by atoms with E-state index < -0.39 is 63.5 Å². The van der Waals surface area contributed by atoms with Crippen LogP contribution in [-0.4, -0.2) is 0 Å². The highest BCUT2D eigenvalue weighted by Gasteiger charge is 2.42. The van der Waals surface area contributed by atoms with Gasteiger partial charge in [0.05, 0.1) is 10.6 Å². The van der Waals surface area contributed by atoms with E-state index in [1.807, 2.05) is 6.92 Å². The average molecular weight is 651 g/mol. The Labute approximate surface area is 257 Å². The molecule has 0 aromatic heterocycles. The summed E-state index contributed by atoms with van der Waals surface area (Å²) in [5, 5.41) is -0.300. The molecule has 0 radical (unpaired) electrons. The van der Waals surface area contributed by atoms with Gasteiger partial charge in [-0.15, -0.1) is 12.6 Å². The Balaban J connectivity index is 1.47. The summed E-state index contributed by atoms with van der Waals surface area (Å²) in [7, 11) is 0. The van der Waals surface area contributed by atoms with Crippen LogP contribution in [0.1, 0.15) is 16.7 Å². The first-order valence-corrected chi connectivity index (χ1v) is 13.6. The summed E-state index contributed by atoms with van der Waals surface area (Å²) in [4.78, 5) is 0.262. The van der Waals surface area contributed by atoms with Gasteiger partial charge >= 0.3 is 6.11 Å². The second-order valence-corrected chi connectivity index (χ2v) is 10.9. The first kappa shape index (κ1) is 31.4. The van der Waals surface area contributed by atoms with Crippen LogP contribution >= 0.6 is 24.2 Å². The van der Waals surface area contributed by atoms with E-state index in [1.165, 1.54) is 12.1 Å². The molecule has 11 heteroatoms. The van der Waals surface area contributed by atoms with Crippen LogP contribution < -0.4 is 4.74 Å². The van der Waals surface area contributed by atoms with Crippen LogP contribution in [0.25, 0.3) is 33.4 Å². The van der Waals surface area contributed by atoms with Crippen LogP contribution in [0.5, 0.6) is 5.75 Å². The predicted molar refractivity (Wildman–Crippen MR) is 155 cm³/mol. The Morgan fingerprint density at radius 3 is 1.75 bits per heavy atom. The maximum Gasteiger partial charge on any atom is 0.432 e. The maximum absolute atomic E-state index is 15.1. The van der Waals surface area contributed by atoms with Crippen molar-refractivity contribution in [2.24, 2.45) is 0 Å². The Morgan fingerprint density at radius 1 is 0.591 bits per heavy atom. The monoisotopic (exact) mass is 650 g/mol. The van der Waals surface area contributed by atoms with Gasteiger partial charge in [-0.3, -0.25) is 0 Å². The van der Waals surface area contributed by atoms with Crippen molar-refractivity contribution in [3.8, 4) is 39.1 Å². The normalized spacial score (nSPS) is 11.6. The van der Waals surface area contributed by atoms with E-state index >= 15 is 30.7 Å². The van der Waals surface area contributed by atoms with Gasteiger partial charge in [0.25, 0.3) is 0 Å². The van der Waals surface area contributed by atoms with Crippen molar-refractivity contribution in [1.29, 1.82) is 0 Å². The molecule has 5 aromatic rings.